The fourth-order valence-corrected chi connectivity index (χ4v) is 4.80. The largest absolute Gasteiger partial charge is 0.495 e. The average Bonchev–Trinajstić information content (AvgIpc) is 2.71. The molecule has 0 unspecified atom stereocenters. The highest BCUT2D eigenvalue weighted by atomic mass is 35.5. The number of benzene rings is 3. The fraction of sp³-hybridized carbons (Fsp3) is 0.0952. The van der Waals surface area contributed by atoms with Gasteiger partial charge in [0.15, 0.2) is 5.11 Å². The maximum Gasteiger partial charge on any atom is 0.262 e. The highest BCUT2D eigenvalue weighted by molar-refractivity contribution is 7.92. The maximum absolute atomic E-state index is 13.0. The van der Waals surface area contributed by atoms with Crippen molar-refractivity contribution in [2.24, 2.45) is 0 Å². The van der Waals surface area contributed by atoms with Gasteiger partial charge >= 0.3 is 0 Å². The van der Waals surface area contributed by atoms with Crippen LogP contribution in [0.5, 0.6) is 5.75 Å². The second kappa shape index (κ2) is 9.74. The van der Waals surface area contributed by atoms with Gasteiger partial charge in [-0.25, -0.2) is 8.42 Å². The summed E-state index contributed by atoms with van der Waals surface area (Å²) in [6.07, 6.45) is 0. The first-order valence-electron chi connectivity index (χ1n) is 8.99. The molecule has 3 aromatic rings. The van der Waals surface area contributed by atoms with Crippen LogP contribution in [-0.4, -0.2) is 20.6 Å². The van der Waals surface area contributed by atoms with Gasteiger partial charge in [0, 0.05) is 10.7 Å². The Balaban J connectivity index is 1.81. The zero-order valence-corrected chi connectivity index (χ0v) is 19.7. The number of halogens is 2. The van der Waals surface area contributed by atoms with Crippen molar-refractivity contribution in [3.05, 3.63) is 76.3 Å². The second-order valence-corrected chi connectivity index (χ2v) is 9.39. The summed E-state index contributed by atoms with van der Waals surface area (Å²) >= 11 is 17.4. The van der Waals surface area contributed by atoms with Crippen LogP contribution in [0.2, 0.25) is 10.0 Å². The normalized spacial score (nSPS) is 11.0. The third-order valence-electron chi connectivity index (χ3n) is 4.27. The molecule has 10 heteroatoms. The van der Waals surface area contributed by atoms with Crippen LogP contribution in [-0.2, 0) is 10.0 Å². The molecule has 0 heterocycles. The molecular formula is C21H19Cl2N3O3S2. The van der Waals surface area contributed by atoms with E-state index in [0.717, 1.165) is 0 Å². The molecule has 0 aromatic heterocycles. The Morgan fingerprint density at radius 2 is 1.71 bits per heavy atom. The quantitative estimate of drug-likeness (QED) is 0.368. The SMILES string of the molecule is COc1ccccc1NS(=O)(=O)c1cc(NC(=S)Nc2ccc(Cl)cc2Cl)ccc1C. The molecular weight excluding hydrogens is 477 g/mol. The van der Waals surface area contributed by atoms with Gasteiger partial charge in [-0.3, -0.25) is 4.72 Å². The molecule has 0 aliphatic heterocycles. The van der Waals surface area contributed by atoms with E-state index in [4.69, 9.17) is 40.2 Å². The zero-order valence-electron chi connectivity index (χ0n) is 16.6. The summed E-state index contributed by atoms with van der Waals surface area (Å²) in [5.41, 5.74) is 1.99. The monoisotopic (exact) mass is 495 g/mol. The number of thiocarbonyl (C=S) groups is 1. The van der Waals surface area contributed by atoms with Crippen LogP contribution in [0.3, 0.4) is 0 Å². The summed E-state index contributed by atoms with van der Waals surface area (Å²) < 4.78 is 33.8. The van der Waals surface area contributed by atoms with E-state index in [1.165, 1.54) is 13.2 Å². The number of para-hydroxylation sites is 2. The van der Waals surface area contributed by atoms with Crippen LogP contribution in [0.1, 0.15) is 5.56 Å². The Morgan fingerprint density at radius 1 is 0.968 bits per heavy atom. The third kappa shape index (κ3) is 5.80. The first kappa shape index (κ1) is 23.1. The summed E-state index contributed by atoms with van der Waals surface area (Å²) in [6, 6.07) is 16.7. The standard InChI is InChI=1S/C21H19Cl2N3O3S2/c1-13-7-9-15(24-21(30)25-17-10-8-14(22)11-16(17)23)12-20(13)31(27,28)26-18-5-3-4-6-19(18)29-2/h3-12,26H,1-2H3,(H2,24,25,30). The Bertz CT molecular complexity index is 1230. The molecule has 0 atom stereocenters. The number of nitrogens with one attached hydrogen (secondary N) is 3. The van der Waals surface area contributed by atoms with Crippen molar-refractivity contribution in [1.29, 1.82) is 0 Å². The van der Waals surface area contributed by atoms with Crippen molar-refractivity contribution in [3.8, 4) is 5.75 Å². The van der Waals surface area contributed by atoms with E-state index in [9.17, 15) is 8.42 Å². The lowest BCUT2D eigenvalue weighted by Gasteiger charge is -2.16. The van der Waals surface area contributed by atoms with E-state index in [1.54, 1.807) is 61.5 Å². The molecule has 0 spiro atoms. The molecule has 3 N–H and O–H groups in total. The molecule has 0 saturated carbocycles. The number of hydrogen-bond donors (Lipinski definition) is 3. The molecule has 0 saturated heterocycles. The molecule has 3 aromatic carbocycles. The highest BCUT2D eigenvalue weighted by Crippen LogP contribution is 2.29. The lowest BCUT2D eigenvalue weighted by molar-refractivity contribution is 0.417. The van der Waals surface area contributed by atoms with Crippen LogP contribution in [0.25, 0.3) is 0 Å². The molecule has 0 fully saturated rings. The van der Waals surface area contributed by atoms with Crippen molar-refractivity contribution >= 4 is 67.6 Å². The van der Waals surface area contributed by atoms with E-state index >= 15 is 0 Å². The minimum Gasteiger partial charge on any atom is -0.495 e. The van der Waals surface area contributed by atoms with Crippen LogP contribution < -0.4 is 20.1 Å². The summed E-state index contributed by atoms with van der Waals surface area (Å²) in [5, 5.41) is 7.09. The number of hydrogen-bond acceptors (Lipinski definition) is 4. The number of ether oxygens (including phenoxy) is 1. The van der Waals surface area contributed by atoms with Crippen LogP contribution >= 0.6 is 35.4 Å². The Morgan fingerprint density at radius 3 is 2.42 bits per heavy atom. The summed E-state index contributed by atoms with van der Waals surface area (Å²) in [4.78, 5) is 0.107. The van der Waals surface area contributed by atoms with Gasteiger partial charge in [0.05, 0.1) is 28.4 Å². The van der Waals surface area contributed by atoms with Gasteiger partial charge in [-0.05, 0) is 67.2 Å². The number of methoxy groups -OCH3 is 1. The molecule has 31 heavy (non-hydrogen) atoms. The molecule has 0 aliphatic carbocycles. The number of anilines is 3. The van der Waals surface area contributed by atoms with Crippen molar-refractivity contribution in [2.75, 3.05) is 22.5 Å². The Kier molecular flexibility index (Phi) is 7.27. The predicted octanol–water partition coefficient (Wildman–Crippen LogP) is 5.92. The number of sulfonamides is 1. The maximum atomic E-state index is 13.0. The van der Waals surface area contributed by atoms with Gasteiger partial charge in [-0.1, -0.05) is 41.4 Å². The predicted molar refractivity (Wildman–Crippen MR) is 131 cm³/mol. The lowest BCUT2D eigenvalue weighted by atomic mass is 10.2. The van der Waals surface area contributed by atoms with E-state index in [1.807, 2.05) is 0 Å². The van der Waals surface area contributed by atoms with Gasteiger partial charge in [-0.15, -0.1) is 0 Å². The molecule has 0 radical (unpaired) electrons. The van der Waals surface area contributed by atoms with E-state index < -0.39 is 10.0 Å². The van der Waals surface area contributed by atoms with E-state index in [0.29, 0.717) is 38.4 Å². The highest BCUT2D eigenvalue weighted by Gasteiger charge is 2.19. The minimum atomic E-state index is -3.87. The van der Waals surface area contributed by atoms with Crippen LogP contribution in [0.4, 0.5) is 17.1 Å². The first-order chi connectivity index (χ1) is 14.7. The molecule has 0 aliphatic rings. The van der Waals surface area contributed by atoms with Gasteiger partial charge in [-0.2, -0.15) is 0 Å². The first-order valence-corrected chi connectivity index (χ1v) is 11.6. The Labute approximate surface area is 196 Å². The number of aryl methyl sites for hydroxylation is 1. The fourth-order valence-electron chi connectivity index (χ4n) is 2.77. The smallest absolute Gasteiger partial charge is 0.262 e. The van der Waals surface area contributed by atoms with Crippen molar-refractivity contribution in [3.63, 3.8) is 0 Å². The summed E-state index contributed by atoms with van der Waals surface area (Å²) in [7, 11) is -2.40. The summed E-state index contributed by atoms with van der Waals surface area (Å²) in [5.74, 6) is 0.420. The van der Waals surface area contributed by atoms with Crippen molar-refractivity contribution in [1.82, 2.24) is 0 Å². The van der Waals surface area contributed by atoms with Crippen molar-refractivity contribution < 1.29 is 13.2 Å². The van der Waals surface area contributed by atoms with Gasteiger partial charge in [0.25, 0.3) is 10.0 Å². The van der Waals surface area contributed by atoms with Gasteiger partial charge in [0.1, 0.15) is 5.75 Å². The van der Waals surface area contributed by atoms with Gasteiger partial charge in [0.2, 0.25) is 0 Å². The molecule has 6 nitrogen and oxygen atoms in total. The van der Waals surface area contributed by atoms with Crippen LogP contribution in [0, 0.1) is 6.92 Å². The van der Waals surface area contributed by atoms with E-state index in [2.05, 4.69) is 15.4 Å². The topological polar surface area (TPSA) is 79.5 Å². The average molecular weight is 496 g/mol. The van der Waals surface area contributed by atoms with Crippen LogP contribution in [0.15, 0.2) is 65.6 Å². The minimum absolute atomic E-state index is 0.107. The molecule has 162 valence electrons. The molecule has 0 bridgehead atoms. The zero-order chi connectivity index (χ0) is 22.6. The summed E-state index contributed by atoms with van der Waals surface area (Å²) in [6.45, 7) is 1.71. The molecule has 0 amide bonds. The van der Waals surface area contributed by atoms with Gasteiger partial charge < -0.3 is 15.4 Å². The number of rotatable bonds is 6. The Hall–Kier alpha value is -2.52. The third-order valence-corrected chi connectivity index (χ3v) is 6.53. The molecule has 3 rings (SSSR count). The van der Waals surface area contributed by atoms with Crippen molar-refractivity contribution in [2.45, 2.75) is 11.8 Å². The second-order valence-electron chi connectivity index (χ2n) is 6.49. The van der Waals surface area contributed by atoms with E-state index in [-0.39, 0.29) is 10.0 Å². The lowest BCUT2D eigenvalue weighted by Crippen LogP contribution is -2.20.